The summed E-state index contributed by atoms with van der Waals surface area (Å²) in [4.78, 5) is 13.9. The summed E-state index contributed by atoms with van der Waals surface area (Å²) in [6.07, 6.45) is 1.18. The first-order valence-electron chi connectivity index (χ1n) is 8.27. The van der Waals surface area contributed by atoms with E-state index in [1.54, 1.807) is 0 Å². The van der Waals surface area contributed by atoms with Gasteiger partial charge in [0.2, 0.25) is 5.91 Å². The lowest BCUT2D eigenvalue weighted by Crippen LogP contribution is -2.23. The number of nitrogens with zero attached hydrogens (tertiary/aromatic N) is 1. The Morgan fingerprint density at radius 2 is 1.79 bits per heavy atom. The normalized spacial score (nSPS) is 10.3. The molecule has 2 aromatic carbocycles. The monoisotopic (exact) mass is 326 g/mol. The first kappa shape index (κ1) is 17.9. The molecule has 0 aliphatic heterocycles. The molecule has 0 aliphatic rings. The lowest BCUT2D eigenvalue weighted by Gasteiger charge is -2.13. The number of benzene rings is 2. The number of carbonyl (C=O) groups is 1. The molecule has 0 spiro atoms. The minimum Gasteiger partial charge on any atom is -0.493 e. The van der Waals surface area contributed by atoms with E-state index in [1.807, 2.05) is 57.4 Å². The fourth-order valence-electron chi connectivity index (χ4n) is 2.33. The Morgan fingerprint density at radius 3 is 2.46 bits per heavy atom. The second-order valence-corrected chi connectivity index (χ2v) is 6.06. The van der Waals surface area contributed by atoms with Gasteiger partial charge in [-0.3, -0.25) is 4.79 Å². The number of amides is 1. The highest BCUT2D eigenvalue weighted by atomic mass is 16.5. The number of rotatable bonds is 8. The van der Waals surface area contributed by atoms with Crippen LogP contribution >= 0.6 is 0 Å². The molecular formula is C20H26N2O2. The van der Waals surface area contributed by atoms with Gasteiger partial charge >= 0.3 is 0 Å². The van der Waals surface area contributed by atoms with Crippen LogP contribution in [0.5, 0.6) is 5.75 Å². The van der Waals surface area contributed by atoms with E-state index in [2.05, 4.69) is 22.3 Å². The molecule has 0 bridgehead atoms. The zero-order valence-corrected chi connectivity index (χ0v) is 14.7. The molecule has 0 unspecified atom stereocenters. The van der Waals surface area contributed by atoms with Gasteiger partial charge in [0.25, 0.3) is 0 Å². The lowest BCUT2D eigenvalue weighted by atomic mass is 10.2. The van der Waals surface area contributed by atoms with Gasteiger partial charge < -0.3 is 15.0 Å². The summed E-state index contributed by atoms with van der Waals surface area (Å²) in [7, 11) is 4.02. The van der Waals surface area contributed by atoms with Crippen LogP contribution in [0, 0.1) is 6.92 Å². The summed E-state index contributed by atoms with van der Waals surface area (Å²) >= 11 is 0. The first-order chi connectivity index (χ1) is 11.6. The van der Waals surface area contributed by atoms with Crippen molar-refractivity contribution in [3.63, 3.8) is 0 Å². The van der Waals surface area contributed by atoms with Crippen molar-refractivity contribution in [1.29, 1.82) is 0 Å². The van der Waals surface area contributed by atoms with E-state index in [0.29, 0.717) is 26.0 Å². The summed E-state index contributed by atoms with van der Waals surface area (Å²) in [5.74, 6) is 0.943. The largest absolute Gasteiger partial charge is 0.493 e. The molecule has 4 heteroatoms. The van der Waals surface area contributed by atoms with Crippen LogP contribution in [0.2, 0.25) is 0 Å². The van der Waals surface area contributed by atoms with Crippen molar-refractivity contribution in [1.82, 2.24) is 5.32 Å². The number of aryl methyl sites for hydroxylation is 1. The summed E-state index contributed by atoms with van der Waals surface area (Å²) in [6.45, 7) is 3.13. The van der Waals surface area contributed by atoms with Crippen molar-refractivity contribution in [3.8, 4) is 5.75 Å². The topological polar surface area (TPSA) is 41.6 Å². The molecule has 0 aliphatic carbocycles. The van der Waals surface area contributed by atoms with Crippen LogP contribution in [0.1, 0.15) is 24.0 Å². The molecule has 0 fully saturated rings. The van der Waals surface area contributed by atoms with Gasteiger partial charge in [-0.2, -0.15) is 0 Å². The van der Waals surface area contributed by atoms with E-state index in [-0.39, 0.29) is 5.91 Å². The number of anilines is 1. The smallest absolute Gasteiger partial charge is 0.220 e. The van der Waals surface area contributed by atoms with Crippen LogP contribution in [0.25, 0.3) is 0 Å². The van der Waals surface area contributed by atoms with E-state index in [0.717, 1.165) is 22.6 Å². The Bertz CT molecular complexity index is 651. The molecule has 0 radical (unpaired) electrons. The summed E-state index contributed by atoms with van der Waals surface area (Å²) in [5.41, 5.74) is 3.37. The van der Waals surface area contributed by atoms with Crippen molar-refractivity contribution in [2.24, 2.45) is 0 Å². The van der Waals surface area contributed by atoms with E-state index in [1.165, 1.54) is 0 Å². The Hall–Kier alpha value is -2.49. The molecule has 1 N–H and O–H groups in total. The maximum Gasteiger partial charge on any atom is 0.220 e. The zero-order chi connectivity index (χ0) is 17.4. The number of carbonyl (C=O) groups excluding carboxylic acids is 1. The van der Waals surface area contributed by atoms with Gasteiger partial charge in [-0.05, 0) is 42.7 Å². The SMILES string of the molecule is Cc1ccccc1OCCCC(=O)NCc1ccc(N(C)C)cc1. The molecule has 128 valence electrons. The second-order valence-electron chi connectivity index (χ2n) is 6.06. The van der Waals surface area contributed by atoms with Crippen LogP contribution in [0.4, 0.5) is 5.69 Å². The van der Waals surface area contributed by atoms with Gasteiger partial charge in [-0.15, -0.1) is 0 Å². The Balaban J connectivity index is 1.65. The van der Waals surface area contributed by atoms with Crippen LogP contribution in [0.3, 0.4) is 0 Å². The quantitative estimate of drug-likeness (QED) is 0.755. The highest BCUT2D eigenvalue weighted by molar-refractivity contribution is 5.75. The predicted octanol–water partition coefficient (Wildman–Crippen LogP) is 3.54. The average molecular weight is 326 g/mol. The molecule has 0 saturated carbocycles. The van der Waals surface area contributed by atoms with Gasteiger partial charge in [-0.25, -0.2) is 0 Å². The highest BCUT2D eigenvalue weighted by Gasteiger charge is 2.03. The number of nitrogens with one attached hydrogen (secondary N) is 1. The number of para-hydroxylation sites is 1. The maximum atomic E-state index is 11.9. The number of hydrogen-bond acceptors (Lipinski definition) is 3. The number of ether oxygens (including phenoxy) is 1. The molecule has 24 heavy (non-hydrogen) atoms. The average Bonchev–Trinajstić information content (AvgIpc) is 2.58. The minimum absolute atomic E-state index is 0.0556. The van der Waals surface area contributed by atoms with Gasteiger partial charge in [0.05, 0.1) is 6.61 Å². The van der Waals surface area contributed by atoms with Gasteiger partial charge in [0.15, 0.2) is 0 Å². The lowest BCUT2D eigenvalue weighted by molar-refractivity contribution is -0.121. The van der Waals surface area contributed by atoms with Crippen LogP contribution < -0.4 is 15.0 Å². The molecule has 1 amide bonds. The van der Waals surface area contributed by atoms with Crippen molar-refractivity contribution in [2.75, 3.05) is 25.6 Å². The molecule has 2 rings (SSSR count). The van der Waals surface area contributed by atoms with Gasteiger partial charge in [0, 0.05) is 32.7 Å². The van der Waals surface area contributed by atoms with E-state index in [9.17, 15) is 4.79 Å². The predicted molar refractivity (Wildman–Crippen MR) is 98.5 cm³/mol. The molecule has 2 aromatic rings. The second kappa shape index (κ2) is 8.96. The Labute approximate surface area is 144 Å². The van der Waals surface area contributed by atoms with Crippen LogP contribution in [-0.2, 0) is 11.3 Å². The third-order valence-corrected chi connectivity index (χ3v) is 3.84. The Kier molecular flexibility index (Phi) is 6.67. The summed E-state index contributed by atoms with van der Waals surface area (Å²) in [5, 5.41) is 2.95. The standard InChI is InChI=1S/C20H26N2O2/c1-16-7-4-5-8-19(16)24-14-6-9-20(23)21-15-17-10-12-18(13-11-17)22(2)3/h4-5,7-8,10-13H,6,9,14-15H2,1-3H3,(H,21,23). The van der Waals surface area contributed by atoms with Crippen LogP contribution in [-0.4, -0.2) is 26.6 Å². The van der Waals surface area contributed by atoms with Crippen molar-refractivity contribution < 1.29 is 9.53 Å². The Morgan fingerprint density at radius 1 is 1.08 bits per heavy atom. The summed E-state index contributed by atoms with van der Waals surface area (Å²) < 4.78 is 5.70. The third kappa shape index (κ3) is 5.61. The van der Waals surface area contributed by atoms with Crippen LogP contribution in [0.15, 0.2) is 48.5 Å². The van der Waals surface area contributed by atoms with Gasteiger partial charge in [-0.1, -0.05) is 30.3 Å². The molecule has 0 saturated heterocycles. The van der Waals surface area contributed by atoms with Crippen molar-refractivity contribution in [2.45, 2.75) is 26.3 Å². The van der Waals surface area contributed by atoms with Crippen molar-refractivity contribution >= 4 is 11.6 Å². The van der Waals surface area contributed by atoms with E-state index in [4.69, 9.17) is 4.74 Å². The molecule has 0 aromatic heterocycles. The molecule has 0 heterocycles. The zero-order valence-electron chi connectivity index (χ0n) is 14.7. The third-order valence-electron chi connectivity index (χ3n) is 3.84. The number of hydrogen-bond donors (Lipinski definition) is 1. The fourth-order valence-corrected chi connectivity index (χ4v) is 2.33. The minimum atomic E-state index is 0.0556. The molecular weight excluding hydrogens is 300 g/mol. The molecule has 4 nitrogen and oxygen atoms in total. The molecule has 0 atom stereocenters. The first-order valence-corrected chi connectivity index (χ1v) is 8.27. The fraction of sp³-hybridized carbons (Fsp3) is 0.350. The maximum absolute atomic E-state index is 11.9. The van der Waals surface area contributed by atoms with Gasteiger partial charge in [0.1, 0.15) is 5.75 Å². The van der Waals surface area contributed by atoms with E-state index >= 15 is 0 Å². The van der Waals surface area contributed by atoms with E-state index < -0.39 is 0 Å². The summed E-state index contributed by atoms with van der Waals surface area (Å²) in [6, 6.07) is 16.1. The highest BCUT2D eigenvalue weighted by Crippen LogP contribution is 2.16. The van der Waals surface area contributed by atoms with Crippen molar-refractivity contribution in [3.05, 3.63) is 59.7 Å².